The summed E-state index contributed by atoms with van der Waals surface area (Å²) in [6, 6.07) is 1.75. The maximum absolute atomic E-state index is 13.1. The standard InChI is InChI=1S/C10H5BrF2O2/c1-15-10(14)3-2-7-8(11)4-6(12)5-9(7)13/h4-5H,1H3. The molecule has 5 heteroatoms. The lowest BCUT2D eigenvalue weighted by Crippen LogP contribution is -1.95. The first-order valence-corrected chi connectivity index (χ1v) is 4.58. The summed E-state index contributed by atoms with van der Waals surface area (Å²) in [4.78, 5) is 10.7. The fourth-order valence-corrected chi connectivity index (χ4v) is 1.33. The fourth-order valence-electron chi connectivity index (χ4n) is 0.826. The van der Waals surface area contributed by atoms with Crippen molar-refractivity contribution < 1.29 is 18.3 Å². The zero-order chi connectivity index (χ0) is 11.4. The Kier molecular flexibility index (Phi) is 3.81. The molecule has 0 amide bonds. The molecule has 0 aromatic heterocycles. The Labute approximate surface area is 93.4 Å². The summed E-state index contributed by atoms with van der Waals surface area (Å²) < 4.78 is 30.2. The molecule has 2 nitrogen and oxygen atoms in total. The summed E-state index contributed by atoms with van der Waals surface area (Å²) in [6.07, 6.45) is 0. The minimum Gasteiger partial charge on any atom is -0.459 e. The van der Waals surface area contributed by atoms with E-state index in [4.69, 9.17) is 0 Å². The molecule has 0 spiro atoms. The van der Waals surface area contributed by atoms with Crippen molar-refractivity contribution in [1.82, 2.24) is 0 Å². The van der Waals surface area contributed by atoms with E-state index >= 15 is 0 Å². The summed E-state index contributed by atoms with van der Waals surface area (Å²) in [5.41, 5.74) is -0.0817. The van der Waals surface area contributed by atoms with Crippen molar-refractivity contribution >= 4 is 21.9 Å². The molecule has 78 valence electrons. The zero-order valence-electron chi connectivity index (χ0n) is 7.61. The van der Waals surface area contributed by atoms with E-state index in [9.17, 15) is 13.6 Å². The monoisotopic (exact) mass is 274 g/mol. The van der Waals surface area contributed by atoms with Gasteiger partial charge in [-0.05, 0) is 22.0 Å². The van der Waals surface area contributed by atoms with Crippen LogP contribution in [0.5, 0.6) is 0 Å². The summed E-state index contributed by atoms with van der Waals surface area (Å²) in [5, 5.41) is 0. The minimum atomic E-state index is -0.835. The Bertz CT molecular complexity index is 437. The van der Waals surface area contributed by atoms with E-state index < -0.39 is 17.6 Å². The molecule has 0 radical (unpaired) electrons. The van der Waals surface area contributed by atoms with Crippen LogP contribution in [0.4, 0.5) is 8.78 Å². The first-order valence-electron chi connectivity index (χ1n) is 3.79. The van der Waals surface area contributed by atoms with Crippen LogP contribution in [0.15, 0.2) is 16.6 Å². The second-order valence-electron chi connectivity index (χ2n) is 2.49. The van der Waals surface area contributed by atoms with E-state index in [-0.39, 0.29) is 10.0 Å². The highest BCUT2D eigenvalue weighted by Crippen LogP contribution is 2.20. The summed E-state index contributed by atoms with van der Waals surface area (Å²) >= 11 is 2.94. The number of carbonyl (C=O) groups is 1. The molecule has 0 unspecified atom stereocenters. The van der Waals surface area contributed by atoms with Gasteiger partial charge in [0.25, 0.3) is 0 Å². The molecule has 0 N–H and O–H groups in total. The molecule has 0 aliphatic rings. The maximum atomic E-state index is 13.1. The van der Waals surface area contributed by atoms with Gasteiger partial charge < -0.3 is 4.74 Å². The first-order chi connectivity index (χ1) is 7.04. The molecule has 0 aliphatic carbocycles. The van der Waals surface area contributed by atoms with Gasteiger partial charge in [-0.2, -0.15) is 0 Å². The molecule has 1 rings (SSSR count). The van der Waals surface area contributed by atoms with E-state index in [1.165, 1.54) is 0 Å². The van der Waals surface area contributed by atoms with Crippen LogP contribution in [0.1, 0.15) is 5.56 Å². The van der Waals surface area contributed by atoms with Crippen LogP contribution in [0.2, 0.25) is 0 Å². The lowest BCUT2D eigenvalue weighted by atomic mass is 10.2. The predicted octanol–water partition coefficient (Wildman–Crippen LogP) is 2.25. The number of halogens is 3. The highest BCUT2D eigenvalue weighted by atomic mass is 79.9. The van der Waals surface area contributed by atoms with Crippen LogP contribution in [0.3, 0.4) is 0 Å². The molecule has 0 heterocycles. The molecule has 0 atom stereocenters. The Hall–Kier alpha value is -1.41. The SMILES string of the molecule is COC(=O)C#Cc1c(F)cc(F)cc1Br. The van der Waals surface area contributed by atoms with E-state index in [1.807, 2.05) is 5.92 Å². The van der Waals surface area contributed by atoms with Gasteiger partial charge in [0.15, 0.2) is 0 Å². The molecule has 1 aromatic carbocycles. The molecule has 0 fully saturated rings. The summed E-state index contributed by atoms with van der Waals surface area (Å²) in [7, 11) is 1.16. The van der Waals surface area contributed by atoms with Crippen molar-refractivity contribution in [3.63, 3.8) is 0 Å². The van der Waals surface area contributed by atoms with Crippen LogP contribution < -0.4 is 0 Å². The van der Waals surface area contributed by atoms with Crippen LogP contribution in [-0.2, 0) is 9.53 Å². The highest BCUT2D eigenvalue weighted by Gasteiger charge is 2.07. The third-order valence-electron chi connectivity index (χ3n) is 1.48. The molecular formula is C10H5BrF2O2. The number of benzene rings is 1. The molecule has 0 aliphatic heterocycles. The molecule has 1 aromatic rings. The van der Waals surface area contributed by atoms with Crippen molar-refractivity contribution in [2.75, 3.05) is 7.11 Å². The number of esters is 1. The van der Waals surface area contributed by atoms with Gasteiger partial charge in [0.2, 0.25) is 0 Å². The molecular weight excluding hydrogens is 270 g/mol. The summed E-state index contributed by atoms with van der Waals surface area (Å²) in [5.74, 6) is 1.95. The topological polar surface area (TPSA) is 26.3 Å². The van der Waals surface area contributed by atoms with Gasteiger partial charge in [0.1, 0.15) is 11.6 Å². The third-order valence-corrected chi connectivity index (χ3v) is 2.11. The van der Waals surface area contributed by atoms with Crippen LogP contribution >= 0.6 is 15.9 Å². The number of hydrogen-bond acceptors (Lipinski definition) is 2. The van der Waals surface area contributed by atoms with E-state index in [1.54, 1.807) is 0 Å². The van der Waals surface area contributed by atoms with Gasteiger partial charge in [-0.1, -0.05) is 5.92 Å². The first kappa shape index (κ1) is 11.7. The number of rotatable bonds is 0. The van der Waals surface area contributed by atoms with Crippen LogP contribution in [0, 0.1) is 23.5 Å². The van der Waals surface area contributed by atoms with Gasteiger partial charge in [0.05, 0.1) is 12.7 Å². The second kappa shape index (κ2) is 4.89. The van der Waals surface area contributed by atoms with Crippen LogP contribution in [0.25, 0.3) is 0 Å². The van der Waals surface area contributed by atoms with Gasteiger partial charge in [-0.3, -0.25) is 0 Å². The number of methoxy groups -OCH3 is 1. The van der Waals surface area contributed by atoms with Crippen molar-refractivity contribution in [2.24, 2.45) is 0 Å². The van der Waals surface area contributed by atoms with E-state index in [2.05, 4.69) is 26.6 Å². The number of carbonyl (C=O) groups excluding carboxylic acids is 1. The lowest BCUT2D eigenvalue weighted by molar-refractivity contribution is -0.133. The third kappa shape index (κ3) is 3.03. The summed E-state index contributed by atoms with van der Waals surface area (Å²) in [6.45, 7) is 0. The fraction of sp³-hybridized carbons (Fsp3) is 0.100. The van der Waals surface area contributed by atoms with Crippen molar-refractivity contribution in [3.05, 3.63) is 33.8 Å². The quantitative estimate of drug-likeness (QED) is 0.536. The maximum Gasteiger partial charge on any atom is 0.384 e. The van der Waals surface area contributed by atoms with Gasteiger partial charge in [-0.15, -0.1) is 0 Å². The predicted molar refractivity (Wildman–Crippen MR) is 53.0 cm³/mol. The Morgan fingerprint density at radius 3 is 2.67 bits per heavy atom. The molecule has 0 bridgehead atoms. The lowest BCUT2D eigenvalue weighted by Gasteiger charge is -1.98. The van der Waals surface area contributed by atoms with Gasteiger partial charge in [-0.25, -0.2) is 13.6 Å². The minimum absolute atomic E-state index is 0.0817. The average molecular weight is 275 g/mol. The Morgan fingerprint density at radius 2 is 2.13 bits per heavy atom. The molecule has 15 heavy (non-hydrogen) atoms. The van der Waals surface area contributed by atoms with E-state index in [0.717, 1.165) is 13.2 Å². The Balaban J connectivity index is 3.14. The van der Waals surface area contributed by atoms with E-state index in [0.29, 0.717) is 6.07 Å². The van der Waals surface area contributed by atoms with Crippen molar-refractivity contribution in [2.45, 2.75) is 0 Å². The Morgan fingerprint density at radius 1 is 1.47 bits per heavy atom. The average Bonchev–Trinajstić information content (AvgIpc) is 2.15. The molecule has 0 saturated carbocycles. The second-order valence-corrected chi connectivity index (χ2v) is 3.34. The van der Waals surface area contributed by atoms with Gasteiger partial charge >= 0.3 is 5.97 Å². The van der Waals surface area contributed by atoms with Crippen molar-refractivity contribution in [3.8, 4) is 11.8 Å². The van der Waals surface area contributed by atoms with Crippen LogP contribution in [-0.4, -0.2) is 13.1 Å². The number of hydrogen-bond donors (Lipinski definition) is 0. The van der Waals surface area contributed by atoms with Crippen molar-refractivity contribution in [1.29, 1.82) is 0 Å². The molecule has 0 saturated heterocycles. The van der Waals surface area contributed by atoms with Gasteiger partial charge in [0, 0.05) is 16.5 Å². The smallest absolute Gasteiger partial charge is 0.384 e. The number of ether oxygens (including phenoxy) is 1. The zero-order valence-corrected chi connectivity index (χ0v) is 9.19. The largest absolute Gasteiger partial charge is 0.459 e. The normalized spacial score (nSPS) is 9.07. The highest BCUT2D eigenvalue weighted by molar-refractivity contribution is 9.10.